The van der Waals surface area contributed by atoms with Gasteiger partial charge < -0.3 is 19.5 Å². The second kappa shape index (κ2) is 6.53. The lowest BCUT2D eigenvalue weighted by atomic mass is 10.2. The van der Waals surface area contributed by atoms with Crippen molar-refractivity contribution in [2.45, 2.75) is 0 Å². The van der Waals surface area contributed by atoms with Crippen LogP contribution in [0.1, 0.15) is 10.4 Å². The normalized spacial score (nSPS) is 11.7. The quantitative estimate of drug-likeness (QED) is 0.843. The van der Waals surface area contributed by atoms with Gasteiger partial charge in [-0.15, -0.1) is 0 Å². The standard InChI is InChI=1S/C16H14N2O4S/c1-20-12-4-2-3-11(8-12)17-16(23)18-15(19)10-5-6-13-14(7-10)22-9-21-13/h2-8H,9H2,1H3,(H2,17,18,19,23). The van der Waals surface area contributed by atoms with Crippen LogP contribution in [0.5, 0.6) is 17.2 Å². The van der Waals surface area contributed by atoms with Crippen molar-refractivity contribution in [2.24, 2.45) is 0 Å². The summed E-state index contributed by atoms with van der Waals surface area (Å²) < 4.78 is 15.6. The molecule has 1 aliphatic rings. The monoisotopic (exact) mass is 330 g/mol. The molecule has 1 aliphatic heterocycles. The first-order chi connectivity index (χ1) is 11.2. The third-order valence-electron chi connectivity index (χ3n) is 3.19. The van der Waals surface area contributed by atoms with Gasteiger partial charge in [0, 0.05) is 17.3 Å². The van der Waals surface area contributed by atoms with Gasteiger partial charge in [0.1, 0.15) is 5.75 Å². The summed E-state index contributed by atoms with van der Waals surface area (Å²) in [6, 6.07) is 12.2. The molecule has 0 unspecified atom stereocenters. The Balaban J connectivity index is 1.64. The molecule has 0 bridgehead atoms. The predicted octanol–water partition coefficient (Wildman–Crippen LogP) is 2.55. The van der Waals surface area contributed by atoms with Crippen molar-refractivity contribution in [3.05, 3.63) is 48.0 Å². The van der Waals surface area contributed by atoms with E-state index >= 15 is 0 Å². The van der Waals surface area contributed by atoms with Crippen molar-refractivity contribution >= 4 is 28.9 Å². The fourth-order valence-corrected chi connectivity index (χ4v) is 2.29. The topological polar surface area (TPSA) is 68.8 Å². The first-order valence-electron chi connectivity index (χ1n) is 6.82. The number of ether oxygens (including phenoxy) is 3. The van der Waals surface area contributed by atoms with Gasteiger partial charge in [0.15, 0.2) is 16.6 Å². The number of carbonyl (C=O) groups is 1. The van der Waals surface area contributed by atoms with E-state index in [9.17, 15) is 4.79 Å². The van der Waals surface area contributed by atoms with Gasteiger partial charge in [0.2, 0.25) is 6.79 Å². The number of hydrogen-bond donors (Lipinski definition) is 2. The molecule has 2 aromatic rings. The number of rotatable bonds is 3. The molecule has 2 aromatic carbocycles. The molecule has 0 saturated heterocycles. The molecule has 118 valence electrons. The van der Waals surface area contributed by atoms with Crippen molar-refractivity contribution in [1.82, 2.24) is 5.32 Å². The molecule has 0 aliphatic carbocycles. The zero-order valence-corrected chi connectivity index (χ0v) is 13.1. The minimum atomic E-state index is -0.330. The lowest BCUT2D eigenvalue weighted by Gasteiger charge is -2.10. The van der Waals surface area contributed by atoms with Gasteiger partial charge >= 0.3 is 0 Å². The Bertz CT molecular complexity index is 763. The number of hydrogen-bond acceptors (Lipinski definition) is 5. The Morgan fingerprint density at radius 3 is 2.83 bits per heavy atom. The van der Waals surface area contributed by atoms with Crippen LogP contribution >= 0.6 is 12.2 Å². The Hall–Kier alpha value is -2.80. The summed E-state index contributed by atoms with van der Waals surface area (Å²) in [5.74, 6) is 1.53. The Morgan fingerprint density at radius 1 is 1.17 bits per heavy atom. The highest BCUT2D eigenvalue weighted by Gasteiger charge is 2.16. The molecular weight excluding hydrogens is 316 g/mol. The number of benzene rings is 2. The summed E-state index contributed by atoms with van der Waals surface area (Å²) in [7, 11) is 1.58. The maximum Gasteiger partial charge on any atom is 0.257 e. The fraction of sp³-hybridized carbons (Fsp3) is 0.125. The van der Waals surface area contributed by atoms with Gasteiger partial charge in [-0.3, -0.25) is 10.1 Å². The van der Waals surface area contributed by atoms with E-state index in [4.69, 9.17) is 26.4 Å². The van der Waals surface area contributed by atoms with Crippen LogP contribution in [0.4, 0.5) is 5.69 Å². The summed E-state index contributed by atoms with van der Waals surface area (Å²) in [5, 5.41) is 5.75. The molecule has 0 saturated carbocycles. The molecule has 0 aromatic heterocycles. The van der Waals surface area contributed by atoms with E-state index in [-0.39, 0.29) is 17.8 Å². The number of thiocarbonyl (C=S) groups is 1. The first kappa shape index (κ1) is 15.1. The Labute approximate surface area is 138 Å². The molecule has 0 fully saturated rings. The first-order valence-corrected chi connectivity index (χ1v) is 7.22. The lowest BCUT2D eigenvalue weighted by molar-refractivity contribution is 0.0977. The number of anilines is 1. The molecule has 6 nitrogen and oxygen atoms in total. The zero-order chi connectivity index (χ0) is 16.2. The van der Waals surface area contributed by atoms with Crippen LogP contribution in [-0.4, -0.2) is 24.9 Å². The van der Waals surface area contributed by atoms with Crippen LogP contribution < -0.4 is 24.8 Å². The average Bonchev–Trinajstić information content (AvgIpc) is 3.02. The molecular formula is C16H14N2O4S. The Morgan fingerprint density at radius 2 is 2.00 bits per heavy atom. The maximum atomic E-state index is 12.2. The number of amides is 1. The van der Waals surface area contributed by atoms with Crippen molar-refractivity contribution < 1.29 is 19.0 Å². The second-order valence-electron chi connectivity index (χ2n) is 4.71. The molecule has 0 spiro atoms. The van der Waals surface area contributed by atoms with Crippen LogP contribution in [0.25, 0.3) is 0 Å². The highest BCUT2D eigenvalue weighted by atomic mass is 32.1. The lowest BCUT2D eigenvalue weighted by Crippen LogP contribution is -2.34. The van der Waals surface area contributed by atoms with E-state index in [1.165, 1.54) is 0 Å². The summed E-state index contributed by atoms with van der Waals surface area (Å²) in [4.78, 5) is 12.2. The average molecular weight is 330 g/mol. The number of nitrogens with one attached hydrogen (secondary N) is 2. The summed E-state index contributed by atoms with van der Waals surface area (Å²) >= 11 is 5.15. The van der Waals surface area contributed by atoms with Gasteiger partial charge in [-0.2, -0.15) is 0 Å². The number of methoxy groups -OCH3 is 1. The van der Waals surface area contributed by atoms with Gasteiger partial charge in [0.05, 0.1) is 7.11 Å². The summed E-state index contributed by atoms with van der Waals surface area (Å²) in [6.45, 7) is 0.163. The van der Waals surface area contributed by atoms with Crippen LogP contribution in [0, 0.1) is 0 Å². The molecule has 0 atom stereocenters. The van der Waals surface area contributed by atoms with E-state index in [1.54, 1.807) is 31.4 Å². The molecule has 7 heteroatoms. The highest BCUT2D eigenvalue weighted by Crippen LogP contribution is 2.32. The van der Waals surface area contributed by atoms with E-state index in [0.29, 0.717) is 22.8 Å². The van der Waals surface area contributed by atoms with E-state index < -0.39 is 0 Å². The van der Waals surface area contributed by atoms with Gasteiger partial charge in [-0.05, 0) is 42.5 Å². The van der Waals surface area contributed by atoms with Gasteiger partial charge in [0.25, 0.3) is 5.91 Å². The van der Waals surface area contributed by atoms with Crippen molar-refractivity contribution in [3.8, 4) is 17.2 Å². The number of carbonyl (C=O) groups excluding carboxylic acids is 1. The highest BCUT2D eigenvalue weighted by molar-refractivity contribution is 7.80. The van der Waals surface area contributed by atoms with Crippen molar-refractivity contribution in [2.75, 3.05) is 19.2 Å². The molecule has 1 amide bonds. The van der Waals surface area contributed by atoms with E-state index in [2.05, 4.69) is 10.6 Å². The predicted molar refractivity (Wildman–Crippen MR) is 89.2 cm³/mol. The second-order valence-corrected chi connectivity index (χ2v) is 5.12. The van der Waals surface area contributed by atoms with E-state index in [0.717, 1.165) is 5.69 Å². The van der Waals surface area contributed by atoms with Crippen LogP contribution in [0.3, 0.4) is 0 Å². The largest absolute Gasteiger partial charge is 0.497 e. The maximum absolute atomic E-state index is 12.2. The van der Waals surface area contributed by atoms with Gasteiger partial charge in [-0.25, -0.2) is 0 Å². The third kappa shape index (κ3) is 3.51. The summed E-state index contributed by atoms with van der Waals surface area (Å²) in [6.07, 6.45) is 0. The molecule has 3 rings (SSSR count). The zero-order valence-electron chi connectivity index (χ0n) is 12.3. The van der Waals surface area contributed by atoms with Gasteiger partial charge in [-0.1, -0.05) is 6.07 Å². The molecule has 2 N–H and O–H groups in total. The van der Waals surface area contributed by atoms with Crippen molar-refractivity contribution in [3.63, 3.8) is 0 Å². The third-order valence-corrected chi connectivity index (χ3v) is 3.39. The van der Waals surface area contributed by atoms with Crippen molar-refractivity contribution in [1.29, 1.82) is 0 Å². The fourth-order valence-electron chi connectivity index (χ4n) is 2.08. The molecule has 0 radical (unpaired) electrons. The SMILES string of the molecule is COc1cccc(NC(=S)NC(=O)c2ccc3c(c2)OCO3)c1. The van der Waals surface area contributed by atoms with Crippen LogP contribution in [0.15, 0.2) is 42.5 Å². The smallest absolute Gasteiger partial charge is 0.257 e. The minimum absolute atomic E-state index is 0.163. The Kier molecular flexibility index (Phi) is 4.29. The minimum Gasteiger partial charge on any atom is -0.497 e. The van der Waals surface area contributed by atoms with E-state index in [1.807, 2.05) is 18.2 Å². The number of fused-ring (bicyclic) bond motifs is 1. The molecule has 1 heterocycles. The van der Waals surface area contributed by atoms with Crippen LogP contribution in [0.2, 0.25) is 0 Å². The molecule has 23 heavy (non-hydrogen) atoms. The summed E-state index contributed by atoms with van der Waals surface area (Å²) in [5.41, 5.74) is 1.16. The van der Waals surface area contributed by atoms with Crippen LogP contribution in [-0.2, 0) is 0 Å².